The maximum absolute atomic E-state index is 13.5. The number of carbonyl (C=O) groups excluding carboxylic acids is 2. The standard InChI is InChI=1S/C79H147NO10/c1-4-7-10-13-16-19-22-25-27-29-31-33-35-36-37-39-40-42-44-46-48-51-54-57-60-63-66-72(83)78(87)80-70(71(82)65-62-59-56-53-50-24-21-18-15-12-9-6-3)69-88-79-77(76(86)75(85)73(68-81)89-79)90-74(84)67-64-61-58-55-52-49-47-45-43-41-38-34-32-30-28-26-23-20-17-14-11-8-5-2/h16,19,25-28,62,65,70-73,75-77,79,81-83,85-86H,4-15,17-18,20-24,29-61,63-64,66-69H2,1-3H3,(H,80,87)/b19-16-,27-25-,28-26+,65-62+. The zero-order valence-corrected chi connectivity index (χ0v) is 59.0. The van der Waals surface area contributed by atoms with E-state index < -0.39 is 67.4 Å². The van der Waals surface area contributed by atoms with Crippen molar-refractivity contribution in [3.8, 4) is 0 Å². The molecule has 0 spiro atoms. The quantitative estimate of drug-likeness (QED) is 0.0195. The molecular weight excluding hydrogens is 1120 g/mol. The number of aliphatic hydroxyl groups excluding tert-OH is 5. The summed E-state index contributed by atoms with van der Waals surface area (Å²) in [6.45, 7) is 5.82. The first-order valence-corrected chi connectivity index (χ1v) is 38.9. The highest BCUT2D eigenvalue weighted by molar-refractivity contribution is 5.80. The minimum Gasteiger partial charge on any atom is -0.454 e. The van der Waals surface area contributed by atoms with Crippen LogP contribution < -0.4 is 5.32 Å². The Balaban J connectivity index is 2.50. The van der Waals surface area contributed by atoms with Gasteiger partial charge in [-0.2, -0.15) is 0 Å². The molecule has 1 aliphatic heterocycles. The van der Waals surface area contributed by atoms with Crippen LogP contribution >= 0.6 is 0 Å². The van der Waals surface area contributed by atoms with Crippen molar-refractivity contribution >= 4 is 11.9 Å². The van der Waals surface area contributed by atoms with Crippen LogP contribution in [-0.2, 0) is 23.8 Å². The van der Waals surface area contributed by atoms with Crippen LogP contribution in [0.25, 0.3) is 0 Å². The summed E-state index contributed by atoms with van der Waals surface area (Å²) in [7, 11) is 0. The monoisotopic (exact) mass is 1270 g/mol. The minimum absolute atomic E-state index is 0.127. The van der Waals surface area contributed by atoms with Crippen molar-refractivity contribution in [2.24, 2.45) is 0 Å². The lowest BCUT2D eigenvalue weighted by Crippen LogP contribution is -2.61. The number of carbonyl (C=O) groups is 2. The predicted molar refractivity (Wildman–Crippen MR) is 380 cm³/mol. The van der Waals surface area contributed by atoms with Crippen molar-refractivity contribution in [3.05, 3.63) is 48.6 Å². The van der Waals surface area contributed by atoms with Crippen LogP contribution in [0.15, 0.2) is 48.6 Å². The third-order valence-electron chi connectivity index (χ3n) is 18.5. The van der Waals surface area contributed by atoms with E-state index in [9.17, 15) is 35.1 Å². The van der Waals surface area contributed by atoms with Gasteiger partial charge in [-0.1, -0.05) is 339 Å². The van der Waals surface area contributed by atoms with Crippen molar-refractivity contribution in [2.75, 3.05) is 13.2 Å². The summed E-state index contributed by atoms with van der Waals surface area (Å²) < 4.78 is 17.7. The van der Waals surface area contributed by atoms with Crippen LogP contribution in [0.2, 0.25) is 0 Å². The van der Waals surface area contributed by atoms with Gasteiger partial charge in [0.15, 0.2) is 12.4 Å². The zero-order valence-electron chi connectivity index (χ0n) is 59.0. The summed E-state index contributed by atoms with van der Waals surface area (Å²) in [6, 6.07) is -1.02. The number of amides is 1. The van der Waals surface area contributed by atoms with E-state index in [1.807, 2.05) is 6.08 Å². The SMILES string of the molecule is CCCCC/C=C\C/C=C\CCCCCCCCCCCCCCCCCCC(O)C(=O)NC(COC1OC(CO)C(O)C(O)C1OC(=O)CCCCCCCCCCCCCCC/C=C/CCCCCCCC)C(O)/C=C/CCCCCCCCCCCC. The number of aliphatic hydroxyl groups is 5. The molecule has 0 aromatic heterocycles. The lowest BCUT2D eigenvalue weighted by atomic mass is 9.99. The Morgan fingerprint density at radius 2 is 0.767 bits per heavy atom. The van der Waals surface area contributed by atoms with Gasteiger partial charge in [0.25, 0.3) is 0 Å². The summed E-state index contributed by atoms with van der Waals surface area (Å²) in [6.07, 6.45) is 74.5. The predicted octanol–water partition coefficient (Wildman–Crippen LogP) is 20.7. The van der Waals surface area contributed by atoms with E-state index in [0.717, 1.165) is 64.2 Å². The second kappa shape index (κ2) is 66.6. The Labute approximate surface area is 555 Å². The molecule has 11 nitrogen and oxygen atoms in total. The fourth-order valence-corrected chi connectivity index (χ4v) is 12.3. The van der Waals surface area contributed by atoms with Gasteiger partial charge in [0.2, 0.25) is 5.91 Å². The van der Waals surface area contributed by atoms with Crippen molar-refractivity contribution in [1.29, 1.82) is 0 Å². The molecule has 0 aromatic carbocycles. The van der Waals surface area contributed by atoms with Crippen molar-refractivity contribution in [2.45, 2.75) is 429 Å². The first kappa shape index (κ1) is 85.6. The molecule has 1 amide bonds. The van der Waals surface area contributed by atoms with Crippen LogP contribution in [0, 0.1) is 0 Å². The lowest BCUT2D eigenvalue weighted by molar-refractivity contribution is -0.305. The third-order valence-corrected chi connectivity index (χ3v) is 18.5. The van der Waals surface area contributed by atoms with Crippen LogP contribution in [0.5, 0.6) is 0 Å². The van der Waals surface area contributed by atoms with Gasteiger partial charge in [0.1, 0.15) is 24.4 Å². The third kappa shape index (κ3) is 52.9. The van der Waals surface area contributed by atoms with Gasteiger partial charge in [-0.3, -0.25) is 9.59 Å². The number of rotatable bonds is 68. The fourth-order valence-electron chi connectivity index (χ4n) is 12.3. The molecule has 11 heteroatoms. The molecule has 0 bridgehead atoms. The second-order valence-corrected chi connectivity index (χ2v) is 27.1. The fraction of sp³-hybridized carbons (Fsp3) is 0.873. The maximum Gasteiger partial charge on any atom is 0.306 e. The molecule has 1 aliphatic rings. The Hall–Kier alpha value is -2.38. The zero-order chi connectivity index (χ0) is 65.3. The highest BCUT2D eigenvalue weighted by atomic mass is 16.7. The van der Waals surface area contributed by atoms with Gasteiger partial charge < -0.3 is 45.1 Å². The average molecular weight is 1270 g/mol. The highest BCUT2D eigenvalue weighted by Crippen LogP contribution is 2.27. The van der Waals surface area contributed by atoms with Crippen LogP contribution in [0.1, 0.15) is 380 Å². The second-order valence-electron chi connectivity index (χ2n) is 27.1. The number of hydrogen-bond donors (Lipinski definition) is 6. The Morgan fingerprint density at radius 3 is 1.17 bits per heavy atom. The van der Waals surface area contributed by atoms with E-state index in [1.165, 1.54) is 270 Å². The molecule has 0 radical (unpaired) electrons. The topological polar surface area (TPSA) is 175 Å². The Kier molecular flexibility index (Phi) is 63.4. The van der Waals surface area contributed by atoms with Crippen LogP contribution in [0.4, 0.5) is 0 Å². The van der Waals surface area contributed by atoms with Gasteiger partial charge in [-0.05, 0) is 83.5 Å². The molecule has 8 atom stereocenters. The highest BCUT2D eigenvalue weighted by Gasteiger charge is 2.47. The molecule has 528 valence electrons. The first-order chi connectivity index (χ1) is 44.2. The van der Waals surface area contributed by atoms with Gasteiger partial charge in [-0.15, -0.1) is 0 Å². The van der Waals surface area contributed by atoms with Crippen molar-refractivity contribution in [1.82, 2.24) is 5.32 Å². The molecule has 1 saturated heterocycles. The molecule has 1 heterocycles. The minimum atomic E-state index is -1.61. The molecule has 0 aromatic rings. The molecule has 0 saturated carbocycles. The normalized spacial score (nSPS) is 18.2. The molecule has 90 heavy (non-hydrogen) atoms. The summed E-state index contributed by atoms with van der Waals surface area (Å²) in [5.74, 6) is -1.18. The average Bonchev–Trinajstić information content (AvgIpc) is 1.11. The first-order valence-electron chi connectivity index (χ1n) is 38.9. The van der Waals surface area contributed by atoms with E-state index in [4.69, 9.17) is 14.2 Å². The Bertz CT molecular complexity index is 1650. The van der Waals surface area contributed by atoms with E-state index >= 15 is 0 Å². The summed E-state index contributed by atoms with van der Waals surface area (Å²) in [5.41, 5.74) is 0. The van der Waals surface area contributed by atoms with Gasteiger partial charge >= 0.3 is 5.97 Å². The number of unbranched alkanes of at least 4 members (excludes halogenated alkanes) is 48. The summed E-state index contributed by atoms with van der Waals surface area (Å²) in [5, 5.41) is 57.4. The van der Waals surface area contributed by atoms with Crippen molar-refractivity contribution < 1.29 is 49.3 Å². The van der Waals surface area contributed by atoms with Crippen molar-refractivity contribution in [3.63, 3.8) is 0 Å². The number of allylic oxidation sites excluding steroid dienone is 7. The summed E-state index contributed by atoms with van der Waals surface area (Å²) in [4.78, 5) is 26.8. The number of ether oxygens (including phenoxy) is 3. The van der Waals surface area contributed by atoms with Gasteiger partial charge in [0.05, 0.1) is 25.4 Å². The lowest BCUT2D eigenvalue weighted by Gasteiger charge is -2.41. The molecule has 1 rings (SSSR count). The van der Waals surface area contributed by atoms with E-state index in [2.05, 4.69) is 62.5 Å². The van der Waals surface area contributed by atoms with E-state index in [-0.39, 0.29) is 13.0 Å². The Morgan fingerprint density at radius 1 is 0.433 bits per heavy atom. The molecule has 0 aliphatic carbocycles. The van der Waals surface area contributed by atoms with E-state index in [1.54, 1.807) is 6.08 Å². The number of nitrogens with one attached hydrogen (secondary N) is 1. The molecule has 6 N–H and O–H groups in total. The molecule has 1 fully saturated rings. The summed E-state index contributed by atoms with van der Waals surface area (Å²) >= 11 is 0. The molecular formula is C79H147NO10. The molecule has 8 unspecified atom stereocenters. The van der Waals surface area contributed by atoms with E-state index in [0.29, 0.717) is 19.3 Å². The smallest absolute Gasteiger partial charge is 0.306 e. The van der Waals surface area contributed by atoms with Gasteiger partial charge in [0, 0.05) is 6.42 Å². The van der Waals surface area contributed by atoms with Crippen LogP contribution in [0.3, 0.4) is 0 Å². The van der Waals surface area contributed by atoms with Gasteiger partial charge in [-0.25, -0.2) is 0 Å². The maximum atomic E-state index is 13.5. The number of hydrogen-bond acceptors (Lipinski definition) is 10. The largest absolute Gasteiger partial charge is 0.454 e. The number of esters is 1. The van der Waals surface area contributed by atoms with Crippen LogP contribution in [-0.4, -0.2) is 99.6 Å².